The first-order chi connectivity index (χ1) is 7.09. The van der Waals surface area contributed by atoms with Crippen molar-refractivity contribution in [1.82, 2.24) is 10.2 Å². The summed E-state index contributed by atoms with van der Waals surface area (Å²) >= 11 is 2.08. The van der Waals surface area contributed by atoms with Gasteiger partial charge in [0.25, 0.3) is 0 Å². The van der Waals surface area contributed by atoms with Gasteiger partial charge in [0.15, 0.2) is 5.82 Å². The van der Waals surface area contributed by atoms with Crippen LogP contribution in [-0.2, 0) is 4.74 Å². The van der Waals surface area contributed by atoms with E-state index in [1.807, 2.05) is 6.07 Å². The monoisotopic (exact) mass is 315 g/mol. The number of nitrogen functional groups attached to an aromatic ring is 1. The fourth-order valence-electron chi connectivity index (χ4n) is 1.18. The van der Waals surface area contributed by atoms with Crippen molar-refractivity contribution in [2.24, 2.45) is 5.41 Å². The summed E-state index contributed by atoms with van der Waals surface area (Å²) in [4.78, 5) is 0. The van der Waals surface area contributed by atoms with Crippen molar-refractivity contribution in [3.05, 3.63) is 15.3 Å². The van der Waals surface area contributed by atoms with Crippen LogP contribution in [-0.4, -0.2) is 23.4 Å². The molecule has 4 nitrogen and oxygen atoms in total. The van der Waals surface area contributed by atoms with Gasteiger partial charge in [-0.2, -0.15) is 0 Å². The smallest absolute Gasteiger partial charge is 0.161 e. The van der Waals surface area contributed by atoms with E-state index in [-0.39, 0.29) is 5.41 Å². The molecule has 1 aliphatic rings. The molecule has 1 fully saturated rings. The average Bonchev–Trinajstić information content (AvgIpc) is 2.17. The zero-order valence-corrected chi connectivity index (χ0v) is 10.4. The van der Waals surface area contributed by atoms with Crippen molar-refractivity contribution in [3.8, 4) is 11.8 Å². The molecule has 0 bridgehead atoms. The lowest BCUT2D eigenvalue weighted by Gasteiger charge is -2.32. The molecule has 0 atom stereocenters. The van der Waals surface area contributed by atoms with E-state index >= 15 is 0 Å². The number of anilines is 1. The van der Waals surface area contributed by atoms with Gasteiger partial charge in [-0.15, -0.1) is 10.2 Å². The molecule has 0 saturated carbocycles. The van der Waals surface area contributed by atoms with E-state index in [4.69, 9.17) is 10.5 Å². The molecule has 0 unspecified atom stereocenters. The van der Waals surface area contributed by atoms with E-state index in [1.165, 1.54) is 0 Å². The van der Waals surface area contributed by atoms with Crippen LogP contribution in [0.25, 0.3) is 0 Å². The van der Waals surface area contributed by atoms with Crippen LogP contribution in [0, 0.1) is 21.0 Å². The summed E-state index contributed by atoms with van der Waals surface area (Å²) < 4.78 is 5.91. The van der Waals surface area contributed by atoms with Crippen LogP contribution in [0.4, 0.5) is 5.82 Å². The van der Waals surface area contributed by atoms with Crippen molar-refractivity contribution in [2.75, 3.05) is 18.9 Å². The lowest BCUT2D eigenvalue weighted by atomic mass is 9.89. The Morgan fingerprint density at radius 3 is 2.87 bits per heavy atom. The van der Waals surface area contributed by atoms with Gasteiger partial charge < -0.3 is 10.5 Å². The van der Waals surface area contributed by atoms with Crippen molar-refractivity contribution < 1.29 is 4.74 Å². The SMILES string of the molecule is CC1(C#Cc2cc(I)nnc2N)COC1. The average molecular weight is 315 g/mol. The summed E-state index contributed by atoms with van der Waals surface area (Å²) in [5.41, 5.74) is 6.38. The quantitative estimate of drug-likeness (QED) is 0.574. The van der Waals surface area contributed by atoms with E-state index in [0.717, 1.165) is 9.26 Å². The Morgan fingerprint density at radius 2 is 2.27 bits per heavy atom. The van der Waals surface area contributed by atoms with Gasteiger partial charge in [0.1, 0.15) is 3.70 Å². The van der Waals surface area contributed by atoms with E-state index < -0.39 is 0 Å². The van der Waals surface area contributed by atoms with Crippen molar-refractivity contribution >= 4 is 28.4 Å². The summed E-state index contributed by atoms with van der Waals surface area (Å²) in [6, 6.07) is 1.83. The molecule has 1 saturated heterocycles. The van der Waals surface area contributed by atoms with Gasteiger partial charge in [0.2, 0.25) is 0 Å². The minimum atomic E-state index is -0.0266. The molecule has 0 aliphatic carbocycles. The summed E-state index contributed by atoms with van der Waals surface area (Å²) in [5.74, 6) is 6.57. The highest BCUT2D eigenvalue weighted by atomic mass is 127. The van der Waals surface area contributed by atoms with E-state index in [9.17, 15) is 0 Å². The second-order valence-electron chi connectivity index (χ2n) is 3.77. The van der Waals surface area contributed by atoms with Crippen molar-refractivity contribution in [1.29, 1.82) is 0 Å². The predicted octanol–water partition coefficient (Wildman–Crippen LogP) is 1.05. The van der Waals surface area contributed by atoms with Gasteiger partial charge in [0.05, 0.1) is 24.2 Å². The highest BCUT2D eigenvalue weighted by Crippen LogP contribution is 2.25. The zero-order chi connectivity index (χ0) is 10.9. The van der Waals surface area contributed by atoms with Gasteiger partial charge in [-0.1, -0.05) is 11.8 Å². The maximum Gasteiger partial charge on any atom is 0.161 e. The number of hydrogen-bond donors (Lipinski definition) is 1. The van der Waals surface area contributed by atoms with Crippen LogP contribution < -0.4 is 5.73 Å². The minimum Gasteiger partial charge on any atom is -0.381 e. The third-order valence-electron chi connectivity index (χ3n) is 2.13. The molecule has 2 rings (SSSR count). The molecule has 0 amide bonds. The second-order valence-corrected chi connectivity index (χ2v) is 4.87. The Morgan fingerprint density at radius 1 is 1.53 bits per heavy atom. The number of hydrogen-bond acceptors (Lipinski definition) is 4. The molecule has 0 spiro atoms. The molecule has 15 heavy (non-hydrogen) atoms. The number of ether oxygens (including phenoxy) is 1. The number of halogens is 1. The minimum absolute atomic E-state index is 0.0266. The fourth-order valence-corrected chi connectivity index (χ4v) is 1.60. The lowest BCUT2D eigenvalue weighted by Crippen LogP contribution is -2.38. The lowest BCUT2D eigenvalue weighted by molar-refractivity contribution is -0.0648. The normalized spacial score (nSPS) is 17.5. The number of nitrogens with zero attached hydrogens (tertiary/aromatic N) is 2. The van der Waals surface area contributed by atoms with E-state index in [0.29, 0.717) is 19.0 Å². The standard InChI is InChI=1S/C10H10IN3O/c1-10(5-15-6-10)3-2-7-4-8(11)13-14-9(7)12/h4H,5-6H2,1H3,(H2,12,14). The largest absolute Gasteiger partial charge is 0.381 e. The van der Waals surface area contributed by atoms with Gasteiger partial charge >= 0.3 is 0 Å². The van der Waals surface area contributed by atoms with Crippen LogP contribution >= 0.6 is 22.6 Å². The predicted molar refractivity (Wildman–Crippen MR) is 65.0 cm³/mol. The molecule has 1 aromatic rings. The molecule has 1 aromatic heterocycles. The zero-order valence-electron chi connectivity index (χ0n) is 8.25. The second kappa shape index (κ2) is 3.94. The Hall–Kier alpha value is -0.870. The maximum atomic E-state index is 5.67. The number of nitrogens with two attached hydrogens (primary N) is 1. The molecule has 0 radical (unpaired) electrons. The Labute approximate surface area is 102 Å². The first-order valence-electron chi connectivity index (χ1n) is 4.49. The Bertz CT molecular complexity index is 446. The van der Waals surface area contributed by atoms with Crippen LogP contribution in [0.2, 0.25) is 0 Å². The van der Waals surface area contributed by atoms with Gasteiger partial charge in [-0.05, 0) is 35.6 Å². The summed E-state index contributed by atoms with van der Waals surface area (Å²) in [6.45, 7) is 3.45. The topological polar surface area (TPSA) is 61.0 Å². The molecule has 78 valence electrons. The van der Waals surface area contributed by atoms with Crippen LogP contribution in [0.15, 0.2) is 6.07 Å². The summed E-state index contributed by atoms with van der Waals surface area (Å²) in [6.07, 6.45) is 0. The van der Waals surface area contributed by atoms with Crippen molar-refractivity contribution in [3.63, 3.8) is 0 Å². The molecular weight excluding hydrogens is 305 g/mol. The molecule has 5 heteroatoms. The summed E-state index contributed by atoms with van der Waals surface area (Å²) in [7, 11) is 0. The summed E-state index contributed by atoms with van der Waals surface area (Å²) in [5, 5.41) is 7.65. The number of rotatable bonds is 0. The molecule has 2 N–H and O–H groups in total. The third kappa shape index (κ3) is 2.38. The molecule has 2 heterocycles. The maximum absolute atomic E-state index is 5.67. The molecule has 1 aliphatic heterocycles. The molecular formula is C10H10IN3O. The highest BCUT2D eigenvalue weighted by molar-refractivity contribution is 14.1. The van der Waals surface area contributed by atoms with E-state index in [1.54, 1.807) is 0 Å². The fraction of sp³-hybridized carbons (Fsp3) is 0.400. The highest BCUT2D eigenvalue weighted by Gasteiger charge is 2.31. The first kappa shape index (κ1) is 10.6. The van der Waals surface area contributed by atoms with Crippen LogP contribution in [0.1, 0.15) is 12.5 Å². The van der Waals surface area contributed by atoms with Gasteiger partial charge in [-0.3, -0.25) is 0 Å². The first-order valence-corrected chi connectivity index (χ1v) is 5.57. The molecule has 0 aromatic carbocycles. The Kier molecular flexibility index (Phi) is 2.80. The van der Waals surface area contributed by atoms with E-state index in [2.05, 4.69) is 51.6 Å². The van der Waals surface area contributed by atoms with Crippen LogP contribution in [0.5, 0.6) is 0 Å². The van der Waals surface area contributed by atoms with Crippen molar-refractivity contribution in [2.45, 2.75) is 6.92 Å². The van der Waals surface area contributed by atoms with Crippen LogP contribution in [0.3, 0.4) is 0 Å². The van der Waals surface area contributed by atoms with Gasteiger partial charge in [0, 0.05) is 0 Å². The Balaban J connectivity index is 2.26. The third-order valence-corrected chi connectivity index (χ3v) is 2.66. The van der Waals surface area contributed by atoms with Gasteiger partial charge in [-0.25, -0.2) is 0 Å². The number of aromatic nitrogens is 2.